The molecule has 1 aromatic heterocycles. The Labute approximate surface area is 84.3 Å². The average molecular weight is 235 g/mol. The summed E-state index contributed by atoms with van der Waals surface area (Å²) in [7, 11) is 0. The van der Waals surface area contributed by atoms with Crippen LogP contribution in [0.1, 0.15) is 11.1 Å². The van der Waals surface area contributed by atoms with E-state index in [-0.39, 0.29) is 0 Å². The van der Waals surface area contributed by atoms with Gasteiger partial charge in [0.2, 0.25) is 0 Å². The van der Waals surface area contributed by atoms with Crippen molar-refractivity contribution >= 4 is 26.8 Å². The minimum atomic E-state index is 0.696. The number of H-pyrrole nitrogens is 1. The molecule has 0 bridgehead atoms. The Balaban J connectivity index is 2.99. The van der Waals surface area contributed by atoms with Gasteiger partial charge in [0.05, 0.1) is 5.56 Å². The normalized spacial score (nSPS) is 10.2. The fraction of sp³-hybridized carbons (Fsp3) is 0.100. The van der Waals surface area contributed by atoms with Crippen LogP contribution >= 0.6 is 15.9 Å². The molecule has 0 unspecified atom stereocenters. The van der Waals surface area contributed by atoms with E-state index in [1.54, 1.807) is 0 Å². The number of nitrogens with one attached hydrogen (secondary N) is 1. The molecule has 0 aliphatic rings. The van der Waals surface area contributed by atoms with Gasteiger partial charge in [0.1, 0.15) is 6.07 Å². The molecule has 0 spiro atoms. The van der Waals surface area contributed by atoms with E-state index in [0.29, 0.717) is 5.56 Å². The van der Waals surface area contributed by atoms with Crippen LogP contribution in [-0.4, -0.2) is 4.98 Å². The first kappa shape index (κ1) is 8.33. The highest BCUT2D eigenvalue weighted by Crippen LogP contribution is 2.27. The Morgan fingerprint density at radius 3 is 3.00 bits per heavy atom. The van der Waals surface area contributed by atoms with Crippen LogP contribution < -0.4 is 0 Å². The zero-order valence-electron chi connectivity index (χ0n) is 7.06. The molecule has 1 N–H and O–H groups in total. The van der Waals surface area contributed by atoms with E-state index in [0.717, 1.165) is 20.9 Å². The number of fused-ring (bicyclic) bond motifs is 1. The maximum Gasteiger partial charge on any atom is 0.101 e. The fourth-order valence-corrected chi connectivity index (χ4v) is 2.13. The van der Waals surface area contributed by atoms with Gasteiger partial charge in [-0.3, -0.25) is 0 Å². The van der Waals surface area contributed by atoms with Gasteiger partial charge in [0.15, 0.2) is 0 Å². The number of rotatable bonds is 0. The van der Waals surface area contributed by atoms with Crippen LogP contribution in [0.5, 0.6) is 0 Å². The second kappa shape index (κ2) is 2.90. The van der Waals surface area contributed by atoms with E-state index < -0.39 is 0 Å². The van der Waals surface area contributed by atoms with Crippen molar-refractivity contribution in [2.75, 3.05) is 0 Å². The lowest BCUT2D eigenvalue weighted by Gasteiger charge is -2.00. The SMILES string of the molecule is Cc1cc(Br)c(C#N)c2cc[nH]c12. The Morgan fingerprint density at radius 1 is 1.54 bits per heavy atom. The number of aromatic nitrogens is 1. The summed E-state index contributed by atoms with van der Waals surface area (Å²) in [5.41, 5.74) is 2.88. The maximum atomic E-state index is 8.93. The molecule has 13 heavy (non-hydrogen) atoms. The number of nitriles is 1. The Kier molecular flexibility index (Phi) is 1.86. The van der Waals surface area contributed by atoms with Gasteiger partial charge >= 0.3 is 0 Å². The molecule has 0 saturated heterocycles. The van der Waals surface area contributed by atoms with E-state index in [1.807, 2.05) is 25.3 Å². The van der Waals surface area contributed by atoms with Crippen LogP contribution in [0.4, 0.5) is 0 Å². The molecule has 1 aromatic carbocycles. The summed E-state index contributed by atoms with van der Waals surface area (Å²) in [6, 6.07) is 6.06. The first-order valence-electron chi connectivity index (χ1n) is 3.90. The average Bonchev–Trinajstić information content (AvgIpc) is 2.53. The standard InChI is InChI=1S/C10H7BrN2/c1-6-4-9(11)8(5-12)7-2-3-13-10(6)7/h2-4,13H,1H3. The Morgan fingerprint density at radius 2 is 2.31 bits per heavy atom. The van der Waals surface area contributed by atoms with Gasteiger partial charge in [-0.05, 0) is 40.5 Å². The summed E-state index contributed by atoms with van der Waals surface area (Å²) in [5, 5.41) is 9.91. The molecule has 0 amide bonds. The molecule has 0 aliphatic heterocycles. The molecule has 2 rings (SSSR count). The summed E-state index contributed by atoms with van der Waals surface area (Å²) in [4.78, 5) is 3.12. The second-order valence-corrected chi connectivity index (χ2v) is 3.78. The Bertz CT molecular complexity index is 505. The lowest BCUT2D eigenvalue weighted by Crippen LogP contribution is -1.83. The highest BCUT2D eigenvalue weighted by molar-refractivity contribution is 9.10. The van der Waals surface area contributed by atoms with Crippen LogP contribution in [-0.2, 0) is 0 Å². The highest BCUT2D eigenvalue weighted by atomic mass is 79.9. The van der Waals surface area contributed by atoms with E-state index in [2.05, 4.69) is 27.0 Å². The lowest BCUT2D eigenvalue weighted by molar-refractivity contribution is 1.40. The molecule has 0 saturated carbocycles. The third-order valence-electron chi connectivity index (χ3n) is 2.10. The van der Waals surface area contributed by atoms with Gasteiger partial charge < -0.3 is 4.98 Å². The molecule has 64 valence electrons. The molecular formula is C10H7BrN2. The fourth-order valence-electron chi connectivity index (χ4n) is 1.48. The van der Waals surface area contributed by atoms with Crippen LogP contribution in [0.15, 0.2) is 22.8 Å². The summed E-state index contributed by atoms with van der Waals surface area (Å²) in [6.07, 6.45) is 1.85. The number of hydrogen-bond donors (Lipinski definition) is 1. The molecule has 0 fully saturated rings. The van der Waals surface area contributed by atoms with Crippen LogP contribution in [0, 0.1) is 18.3 Å². The zero-order valence-corrected chi connectivity index (χ0v) is 8.64. The monoisotopic (exact) mass is 234 g/mol. The van der Waals surface area contributed by atoms with Gasteiger partial charge in [0.25, 0.3) is 0 Å². The number of aryl methyl sites for hydroxylation is 1. The molecular weight excluding hydrogens is 228 g/mol. The van der Waals surface area contributed by atoms with Gasteiger partial charge in [-0.1, -0.05) is 0 Å². The molecule has 0 aliphatic carbocycles. The number of benzene rings is 1. The van der Waals surface area contributed by atoms with Gasteiger partial charge in [-0.15, -0.1) is 0 Å². The molecule has 1 heterocycles. The van der Waals surface area contributed by atoms with Gasteiger partial charge in [-0.25, -0.2) is 0 Å². The lowest BCUT2D eigenvalue weighted by atomic mass is 10.1. The van der Waals surface area contributed by atoms with Crippen molar-refractivity contribution in [3.63, 3.8) is 0 Å². The number of halogens is 1. The number of hydrogen-bond acceptors (Lipinski definition) is 1. The van der Waals surface area contributed by atoms with E-state index in [1.165, 1.54) is 0 Å². The smallest absolute Gasteiger partial charge is 0.101 e. The summed E-state index contributed by atoms with van der Waals surface area (Å²) >= 11 is 3.38. The topological polar surface area (TPSA) is 39.6 Å². The van der Waals surface area contributed by atoms with Gasteiger partial charge in [0, 0.05) is 21.6 Å². The third kappa shape index (κ3) is 1.14. The van der Waals surface area contributed by atoms with Gasteiger partial charge in [-0.2, -0.15) is 5.26 Å². The first-order chi connectivity index (χ1) is 6.24. The maximum absolute atomic E-state index is 8.93. The Hall–Kier alpha value is -1.27. The van der Waals surface area contributed by atoms with Crippen molar-refractivity contribution in [1.29, 1.82) is 5.26 Å². The van der Waals surface area contributed by atoms with Crippen LogP contribution in [0.2, 0.25) is 0 Å². The summed E-state index contributed by atoms with van der Waals surface area (Å²) in [6.45, 7) is 2.02. The molecule has 2 aromatic rings. The minimum absolute atomic E-state index is 0.696. The minimum Gasteiger partial charge on any atom is -0.361 e. The van der Waals surface area contributed by atoms with E-state index in [9.17, 15) is 0 Å². The zero-order chi connectivity index (χ0) is 9.42. The summed E-state index contributed by atoms with van der Waals surface area (Å²) in [5.74, 6) is 0. The van der Waals surface area contributed by atoms with Crippen molar-refractivity contribution in [2.45, 2.75) is 6.92 Å². The predicted octanol–water partition coefficient (Wildman–Crippen LogP) is 3.11. The first-order valence-corrected chi connectivity index (χ1v) is 4.69. The van der Waals surface area contributed by atoms with Crippen molar-refractivity contribution in [2.24, 2.45) is 0 Å². The predicted molar refractivity (Wildman–Crippen MR) is 55.5 cm³/mol. The third-order valence-corrected chi connectivity index (χ3v) is 2.73. The highest BCUT2D eigenvalue weighted by Gasteiger charge is 2.08. The van der Waals surface area contributed by atoms with Crippen molar-refractivity contribution in [3.05, 3.63) is 33.9 Å². The van der Waals surface area contributed by atoms with Crippen LogP contribution in [0.25, 0.3) is 10.9 Å². The largest absolute Gasteiger partial charge is 0.361 e. The molecule has 0 radical (unpaired) electrons. The van der Waals surface area contributed by atoms with E-state index >= 15 is 0 Å². The van der Waals surface area contributed by atoms with Crippen LogP contribution in [0.3, 0.4) is 0 Å². The van der Waals surface area contributed by atoms with Crippen molar-refractivity contribution in [1.82, 2.24) is 4.98 Å². The molecule has 3 heteroatoms. The van der Waals surface area contributed by atoms with Crippen molar-refractivity contribution in [3.8, 4) is 6.07 Å². The molecule has 2 nitrogen and oxygen atoms in total. The van der Waals surface area contributed by atoms with Crippen molar-refractivity contribution < 1.29 is 0 Å². The number of aromatic amines is 1. The molecule has 0 atom stereocenters. The second-order valence-electron chi connectivity index (χ2n) is 2.93. The van der Waals surface area contributed by atoms with E-state index in [4.69, 9.17) is 5.26 Å². The summed E-state index contributed by atoms with van der Waals surface area (Å²) < 4.78 is 0.861. The number of nitrogens with zero attached hydrogens (tertiary/aromatic N) is 1. The quantitative estimate of drug-likeness (QED) is 0.748.